The van der Waals surface area contributed by atoms with Crippen LogP contribution >= 0.6 is 15.2 Å². The summed E-state index contributed by atoms with van der Waals surface area (Å²) in [6.45, 7) is 3.42. The van der Waals surface area contributed by atoms with Crippen LogP contribution in [0.4, 0.5) is 0 Å². The molecular formula is C6H15NO7P2Se. The molecule has 1 atom stereocenters. The molecule has 0 aliphatic heterocycles. The second-order valence-corrected chi connectivity index (χ2v) is 9.36. The minimum absolute atomic E-state index is 0.0915. The minimum atomic E-state index is -5.46. The van der Waals surface area contributed by atoms with Gasteiger partial charge in [-0.2, -0.15) is 0 Å². The Balaban J connectivity index is 5.16. The van der Waals surface area contributed by atoms with Crippen LogP contribution < -0.4 is 5.73 Å². The molecule has 0 spiro atoms. The van der Waals surface area contributed by atoms with Crippen LogP contribution in [-0.4, -0.2) is 50.8 Å². The molecule has 0 saturated carbocycles. The number of nitrogens with two attached hydrogens (primary N) is 1. The average Bonchev–Trinajstić information content (AvgIpc) is 2.13. The molecule has 11 heteroatoms. The van der Waals surface area contributed by atoms with Crippen molar-refractivity contribution in [1.29, 1.82) is 0 Å². The summed E-state index contributed by atoms with van der Waals surface area (Å²) >= 11 is -0.251. The Hall–Kier alpha value is 0.479. The van der Waals surface area contributed by atoms with Gasteiger partial charge in [-0.15, -0.1) is 0 Å². The van der Waals surface area contributed by atoms with Gasteiger partial charge in [0.1, 0.15) is 0 Å². The summed E-state index contributed by atoms with van der Waals surface area (Å²) in [4.78, 5) is 35.5. The Bertz CT molecular complexity index is 341. The van der Waals surface area contributed by atoms with Gasteiger partial charge in [0.15, 0.2) is 0 Å². The molecule has 0 fully saturated rings. The summed E-state index contributed by atoms with van der Waals surface area (Å²) in [5.74, 6) is 0. The maximum atomic E-state index is 11.0. The number of allylic oxidation sites excluding steroid dienone is 1. The first-order valence-electron chi connectivity index (χ1n) is 4.26. The van der Waals surface area contributed by atoms with E-state index in [0.29, 0.717) is 5.32 Å². The van der Waals surface area contributed by atoms with E-state index in [4.69, 9.17) is 25.3 Å². The van der Waals surface area contributed by atoms with Crippen LogP contribution in [0.3, 0.4) is 0 Å². The van der Waals surface area contributed by atoms with Crippen LogP contribution in [0.2, 0.25) is 10.6 Å². The molecule has 0 aromatic heterocycles. The van der Waals surface area contributed by atoms with Crippen molar-refractivity contribution < 1.29 is 33.8 Å². The van der Waals surface area contributed by atoms with Gasteiger partial charge in [0.05, 0.1) is 0 Å². The molecule has 0 rings (SSSR count). The number of hydrogen-bond donors (Lipinski definition) is 6. The second-order valence-electron chi connectivity index (χ2n) is 3.21. The van der Waals surface area contributed by atoms with Gasteiger partial charge >= 0.3 is 104 Å². The molecule has 0 bridgehead atoms. The van der Waals surface area contributed by atoms with E-state index in [1.165, 1.54) is 0 Å². The van der Waals surface area contributed by atoms with E-state index in [1.54, 1.807) is 6.08 Å². The van der Waals surface area contributed by atoms with Crippen molar-refractivity contribution in [3.8, 4) is 0 Å². The summed E-state index contributed by atoms with van der Waals surface area (Å²) in [5, 5.41) is 6.48. The third-order valence-electron chi connectivity index (χ3n) is 1.89. The summed E-state index contributed by atoms with van der Waals surface area (Å²) in [7, 11) is -10.9. The molecule has 0 aliphatic carbocycles. The topological polar surface area (TPSA) is 161 Å². The second kappa shape index (κ2) is 6.08. The third kappa shape index (κ3) is 3.98. The van der Waals surface area contributed by atoms with E-state index in [-0.39, 0.29) is 20.3 Å². The average molecular weight is 354 g/mol. The SMILES string of the molecule is C=CC[Se]CC(N)C(O)(P(=O)(O)O)P(=O)(O)O. The fourth-order valence-electron chi connectivity index (χ4n) is 0.992. The zero-order valence-corrected chi connectivity index (χ0v) is 12.2. The van der Waals surface area contributed by atoms with Crippen LogP contribution in [0.15, 0.2) is 12.7 Å². The van der Waals surface area contributed by atoms with Crippen LogP contribution in [0.1, 0.15) is 0 Å². The van der Waals surface area contributed by atoms with Crippen molar-refractivity contribution in [3.05, 3.63) is 12.7 Å². The van der Waals surface area contributed by atoms with Crippen LogP contribution in [0, 0.1) is 0 Å². The Morgan fingerprint density at radius 2 is 1.71 bits per heavy atom. The summed E-state index contributed by atoms with van der Waals surface area (Å²) < 4.78 is 22.1. The third-order valence-corrected chi connectivity index (χ3v) is 8.07. The molecule has 8 nitrogen and oxygen atoms in total. The van der Waals surface area contributed by atoms with Gasteiger partial charge in [-0.05, 0) is 0 Å². The predicted molar refractivity (Wildman–Crippen MR) is 62.6 cm³/mol. The molecule has 17 heavy (non-hydrogen) atoms. The molecule has 0 heterocycles. The van der Waals surface area contributed by atoms with Gasteiger partial charge in [-0.1, -0.05) is 0 Å². The predicted octanol–water partition coefficient (Wildman–Crippen LogP) is -0.958. The van der Waals surface area contributed by atoms with E-state index in [0.717, 1.165) is 0 Å². The Kier molecular flexibility index (Phi) is 6.25. The molecule has 0 amide bonds. The molecule has 7 N–H and O–H groups in total. The van der Waals surface area contributed by atoms with Crippen LogP contribution in [-0.2, 0) is 9.13 Å². The van der Waals surface area contributed by atoms with E-state index < -0.39 is 26.3 Å². The maximum absolute atomic E-state index is 11.0. The van der Waals surface area contributed by atoms with Gasteiger partial charge < -0.3 is 0 Å². The van der Waals surface area contributed by atoms with Gasteiger partial charge in [0.25, 0.3) is 0 Å². The Morgan fingerprint density at radius 1 is 1.29 bits per heavy atom. The van der Waals surface area contributed by atoms with Crippen molar-refractivity contribution in [2.24, 2.45) is 5.73 Å². The summed E-state index contributed by atoms with van der Waals surface area (Å²) in [6, 6.07) is -1.70. The fraction of sp³-hybridized carbons (Fsp3) is 0.667. The van der Waals surface area contributed by atoms with Crippen molar-refractivity contribution in [3.63, 3.8) is 0 Å². The quantitative estimate of drug-likeness (QED) is 0.147. The molecule has 0 radical (unpaired) electrons. The monoisotopic (exact) mass is 355 g/mol. The first-order valence-corrected chi connectivity index (χ1v) is 9.91. The van der Waals surface area contributed by atoms with Gasteiger partial charge in [0.2, 0.25) is 0 Å². The van der Waals surface area contributed by atoms with Gasteiger partial charge in [-0.3, -0.25) is 0 Å². The molecule has 0 aliphatic rings. The van der Waals surface area contributed by atoms with Crippen LogP contribution in [0.5, 0.6) is 0 Å². The molecular weight excluding hydrogens is 339 g/mol. The first-order chi connectivity index (χ1) is 7.48. The van der Waals surface area contributed by atoms with Crippen molar-refractivity contribution in [2.45, 2.75) is 21.8 Å². The van der Waals surface area contributed by atoms with E-state index in [9.17, 15) is 14.2 Å². The Labute approximate surface area is 104 Å². The van der Waals surface area contributed by atoms with Crippen LogP contribution in [0.25, 0.3) is 0 Å². The normalized spacial score (nSPS) is 15.6. The zero-order valence-electron chi connectivity index (χ0n) is 8.71. The molecule has 102 valence electrons. The summed E-state index contributed by atoms with van der Waals surface area (Å²) in [6.07, 6.45) is 1.54. The van der Waals surface area contributed by atoms with Gasteiger partial charge in [-0.25, -0.2) is 0 Å². The van der Waals surface area contributed by atoms with Gasteiger partial charge in [0, 0.05) is 0 Å². The van der Waals surface area contributed by atoms with E-state index in [1.807, 2.05) is 0 Å². The van der Waals surface area contributed by atoms with E-state index >= 15 is 0 Å². The Morgan fingerprint density at radius 3 is 2.00 bits per heavy atom. The molecule has 0 aromatic carbocycles. The van der Waals surface area contributed by atoms with Crippen molar-refractivity contribution in [2.75, 3.05) is 0 Å². The first kappa shape index (κ1) is 17.5. The number of aliphatic hydroxyl groups is 1. The van der Waals surface area contributed by atoms with Crippen molar-refractivity contribution >= 4 is 30.1 Å². The van der Waals surface area contributed by atoms with Crippen molar-refractivity contribution in [1.82, 2.24) is 0 Å². The molecule has 1 unspecified atom stereocenters. The summed E-state index contributed by atoms with van der Waals surface area (Å²) in [5.41, 5.74) is 5.31. The number of rotatable bonds is 7. The molecule has 0 saturated heterocycles. The number of hydrogen-bond acceptors (Lipinski definition) is 4. The molecule has 0 aromatic rings. The zero-order chi connectivity index (χ0) is 13.9. The fourth-order valence-corrected chi connectivity index (χ4v) is 5.63. The van der Waals surface area contributed by atoms with E-state index in [2.05, 4.69) is 6.58 Å². The standard InChI is InChI=1S/C6H15NO7P2Se/c1-2-3-17-4-5(7)6(8,15(9,10)11)16(12,13)14/h2,5,8H,1,3-4,7H2,(H2,9,10,11)(H2,12,13,14).